The number of aliphatic imine (C=N–C) groups is 1. The number of rotatable bonds is 0. The zero-order valence-electron chi connectivity index (χ0n) is 5.73. The standard InChI is InChI=1S/C7H8N3/c1-6-2-3-10-7(4-6)8-5-9-10/h2-5,7H,1H3/q+1. The lowest BCUT2D eigenvalue weighted by Crippen LogP contribution is -2.14. The SMILES string of the molecule is CC1=CC2N=CN=[N+]2C=C1. The summed E-state index contributed by atoms with van der Waals surface area (Å²) in [6.07, 6.45) is 7.75. The van der Waals surface area contributed by atoms with Gasteiger partial charge in [0.05, 0.1) is 0 Å². The van der Waals surface area contributed by atoms with Gasteiger partial charge < -0.3 is 0 Å². The molecule has 0 aromatic carbocycles. The second-order valence-corrected chi connectivity index (χ2v) is 2.40. The van der Waals surface area contributed by atoms with Crippen LogP contribution in [0.4, 0.5) is 0 Å². The molecule has 1 atom stereocenters. The molecule has 0 amide bonds. The number of allylic oxidation sites excluding steroid dienone is 2. The lowest BCUT2D eigenvalue weighted by atomic mass is 10.2. The molecule has 2 rings (SSSR count). The summed E-state index contributed by atoms with van der Waals surface area (Å²) in [5, 5.41) is 4.00. The second kappa shape index (κ2) is 1.87. The lowest BCUT2D eigenvalue weighted by molar-refractivity contribution is -0.541. The third-order valence-electron chi connectivity index (χ3n) is 1.58. The third kappa shape index (κ3) is 0.708. The first kappa shape index (κ1) is 5.53. The normalized spacial score (nSPS) is 27.9. The maximum atomic E-state index is 4.11. The fourth-order valence-corrected chi connectivity index (χ4v) is 1.03. The van der Waals surface area contributed by atoms with Gasteiger partial charge in [0, 0.05) is 17.3 Å². The van der Waals surface area contributed by atoms with E-state index in [0.29, 0.717) is 0 Å². The highest BCUT2D eigenvalue weighted by atomic mass is 15.4. The van der Waals surface area contributed by atoms with E-state index in [0.717, 1.165) is 0 Å². The summed E-state index contributed by atoms with van der Waals surface area (Å²) in [7, 11) is 0. The average Bonchev–Trinajstić information content (AvgIpc) is 2.33. The molecule has 0 spiro atoms. The number of hydrogen-bond acceptors (Lipinski definition) is 2. The van der Waals surface area contributed by atoms with E-state index in [-0.39, 0.29) is 6.17 Å². The Kier molecular flexibility index (Phi) is 1.03. The zero-order valence-corrected chi connectivity index (χ0v) is 5.73. The Bertz CT molecular complexity index is 271. The van der Waals surface area contributed by atoms with Crippen LogP contribution in [0.2, 0.25) is 0 Å². The molecule has 2 aliphatic rings. The molecule has 50 valence electrons. The van der Waals surface area contributed by atoms with Gasteiger partial charge in [-0.05, 0) is 12.5 Å². The molecule has 0 saturated heterocycles. The van der Waals surface area contributed by atoms with Crippen LogP contribution in [0.3, 0.4) is 0 Å². The van der Waals surface area contributed by atoms with Gasteiger partial charge in [-0.1, -0.05) is 4.70 Å². The smallest absolute Gasteiger partial charge is 0.193 e. The molecule has 3 nitrogen and oxygen atoms in total. The molecule has 3 heteroatoms. The highest BCUT2D eigenvalue weighted by Crippen LogP contribution is 2.12. The maximum Gasteiger partial charge on any atom is 0.297 e. The number of fused-ring (bicyclic) bond motifs is 1. The molecular formula is C7H8N3+. The lowest BCUT2D eigenvalue weighted by Gasteiger charge is -2.00. The van der Waals surface area contributed by atoms with Gasteiger partial charge in [0.1, 0.15) is 0 Å². The maximum absolute atomic E-state index is 4.11. The molecule has 0 aromatic heterocycles. The van der Waals surface area contributed by atoms with Crippen molar-refractivity contribution in [1.82, 2.24) is 0 Å². The summed E-state index contributed by atoms with van der Waals surface area (Å²) < 4.78 is 1.83. The Morgan fingerprint density at radius 2 is 2.50 bits per heavy atom. The van der Waals surface area contributed by atoms with E-state index < -0.39 is 0 Å². The van der Waals surface area contributed by atoms with Crippen molar-refractivity contribution >= 4 is 6.34 Å². The van der Waals surface area contributed by atoms with Crippen molar-refractivity contribution in [1.29, 1.82) is 0 Å². The van der Waals surface area contributed by atoms with Gasteiger partial charge in [-0.3, -0.25) is 0 Å². The van der Waals surface area contributed by atoms with Crippen molar-refractivity contribution in [2.45, 2.75) is 13.1 Å². The van der Waals surface area contributed by atoms with E-state index in [1.165, 1.54) is 5.57 Å². The molecule has 0 fully saturated rings. The van der Waals surface area contributed by atoms with Gasteiger partial charge >= 0.3 is 0 Å². The predicted molar refractivity (Wildman–Crippen MR) is 37.9 cm³/mol. The first-order valence-corrected chi connectivity index (χ1v) is 3.24. The van der Waals surface area contributed by atoms with E-state index in [1.54, 1.807) is 6.34 Å². The Balaban J connectivity index is 2.39. The number of azo groups is 2. The fraction of sp³-hybridized carbons (Fsp3) is 0.286. The molecule has 0 bridgehead atoms. The number of nitrogens with zero attached hydrogens (tertiary/aromatic N) is 3. The minimum Gasteiger partial charge on any atom is -0.193 e. The summed E-state index contributed by atoms with van der Waals surface area (Å²) >= 11 is 0. The Morgan fingerprint density at radius 3 is 3.40 bits per heavy atom. The molecule has 2 heterocycles. The molecule has 0 saturated carbocycles. The van der Waals surface area contributed by atoms with E-state index in [4.69, 9.17) is 0 Å². The average molecular weight is 134 g/mol. The Morgan fingerprint density at radius 1 is 1.60 bits per heavy atom. The summed E-state index contributed by atoms with van der Waals surface area (Å²) in [5.74, 6) is 0. The molecule has 0 aromatic rings. The van der Waals surface area contributed by atoms with Crippen LogP contribution in [0.15, 0.2) is 34.0 Å². The molecule has 10 heavy (non-hydrogen) atoms. The van der Waals surface area contributed by atoms with Gasteiger partial charge in [0.25, 0.3) is 6.17 Å². The van der Waals surface area contributed by atoms with Crippen LogP contribution in [0.25, 0.3) is 0 Å². The summed E-state index contributed by atoms with van der Waals surface area (Å²) in [6.45, 7) is 2.06. The van der Waals surface area contributed by atoms with Crippen LogP contribution in [0.5, 0.6) is 0 Å². The van der Waals surface area contributed by atoms with Crippen molar-refractivity contribution in [2.75, 3.05) is 0 Å². The van der Waals surface area contributed by atoms with Gasteiger partial charge in [0.2, 0.25) is 0 Å². The van der Waals surface area contributed by atoms with E-state index in [9.17, 15) is 0 Å². The van der Waals surface area contributed by atoms with E-state index in [1.807, 2.05) is 17.0 Å². The van der Waals surface area contributed by atoms with Crippen molar-refractivity contribution in [3.8, 4) is 0 Å². The Labute approximate surface area is 59.1 Å². The summed E-state index contributed by atoms with van der Waals surface area (Å²) in [5.41, 5.74) is 1.25. The first-order chi connectivity index (χ1) is 4.86. The quantitative estimate of drug-likeness (QED) is 0.446. The van der Waals surface area contributed by atoms with Gasteiger partial charge in [-0.2, -0.15) is 4.99 Å². The van der Waals surface area contributed by atoms with Crippen molar-refractivity contribution in [3.05, 3.63) is 23.9 Å². The molecule has 0 N–H and O–H groups in total. The second-order valence-electron chi connectivity index (χ2n) is 2.40. The largest absolute Gasteiger partial charge is 0.297 e. The van der Waals surface area contributed by atoms with Crippen molar-refractivity contribution in [2.24, 2.45) is 10.1 Å². The highest BCUT2D eigenvalue weighted by molar-refractivity contribution is 5.55. The fourth-order valence-electron chi connectivity index (χ4n) is 1.03. The van der Waals surface area contributed by atoms with E-state index in [2.05, 4.69) is 23.1 Å². The van der Waals surface area contributed by atoms with E-state index >= 15 is 0 Å². The van der Waals surface area contributed by atoms with Gasteiger partial charge in [-0.25, -0.2) is 0 Å². The van der Waals surface area contributed by atoms with Crippen molar-refractivity contribution < 1.29 is 4.70 Å². The monoisotopic (exact) mass is 134 g/mol. The van der Waals surface area contributed by atoms with Crippen LogP contribution in [0.1, 0.15) is 6.92 Å². The molecular weight excluding hydrogens is 126 g/mol. The predicted octanol–water partition coefficient (Wildman–Crippen LogP) is 1.29. The molecule has 2 aliphatic heterocycles. The zero-order chi connectivity index (χ0) is 6.97. The summed E-state index contributed by atoms with van der Waals surface area (Å²) in [4.78, 5) is 4.11. The van der Waals surface area contributed by atoms with Gasteiger partial charge in [0.15, 0.2) is 12.5 Å². The van der Waals surface area contributed by atoms with Gasteiger partial charge in [-0.15, -0.1) is 0 Å². The summed E-state index contributed by atoms with van der Waals surface area (Å²) in [6, 6.07) is 0. The molecule has 0 radical (unpaired) electrons. The molecule has 0 aliphatic carbocycles. The minimum absolute atomic E-state index is 0.130. The van der Waals surface area contributed by atoms with Crippen LogP contribution in [-0.4, -0.2) is 17.2 Å². The van der Waals surface area contributed by atoms with Crippen LogP contribution in [-0.2, 0) is 0 Å². The third-order valence-corrected chi connectivity index (χ3v) is 1.58. The first-order valence-electron chi connectivity index (χ1n) is 3.24. The van der Waals surface area contributed by atoms with Crippen LogP contribution < -0.4 is 0 Å². The van der Waals surface area contributed by atoms with Crippen LogP contribution in [0, 0.1) is 0 Å². The molecule has 1 unspecified atom stereocenters. The van der Waals surface area contributed by atoms with Crippen molar-refractivity contribution in [3.63, 3.8) is 0 Å². The van der Waals surface area contributed by atoms with Crippen LogP contribution >= 0.6 is 0 Å². The highest BCUT2D eigenvalue weighted by Gasteiger charge is 2.23. The minimum atomic E-state index is 0.130. The number of hydrogen-bond donors (Lipinski definition) is 0. The topological polar surface area (TPSA) is 27.7 Å². The Hall–Kier alpha value is -1.25.